The lowest BCUT2D eigenvalue weighted by Gasteiger charge is -2.20. The number of halogens is 2. The van der Waals surface area contributed by atoms with E-state index < -0.39 is 17.2 Å². The van der Waals surface area contributed by atoms with Crippen molar-refractivity contribution >= 4 is 29.2 Å². The number of carbonyl (C=O) groups excluding carboxylic acids is 1. The maximum atomic E-state index is 13.9. The molecule has 108 valence electrons. The first kappa shape index (κ1) is 14.6. The lowest BCUT2D eigenvalue weighted by atomic mass is 10.1. The van der Waals surface area contributed by atoms with Gasteiger partial charge in [0.1, 0.15) is 12.1 Å². The number of amides is 1. The summed E-state index contributed by atoms with van der Waals surface area (Å²) < 4.78 is 28.6. The number of aromatic amines is 1. The van der Waals surface area contributed by atoms with Crippen molar-refractivity contribution in [2.24, 2.45) is 0 Å². The molecule has 0 fully saturated rings. The zero-order valence-corrected chi connectivity index (χ0v) is 12.2. The Kier molecular flexibility index (Phi) is 3.64. The minimum Gasteiger partial charge on any atom is -0.350 e. The molecule has 2 aromatic rings. The van der Waals surface area contributed by atoms with Crippen LogP contribution in [0.4, 0.5) is 8.78 Å². The van der Waals surface area contributed by atoms with Crippen molar-refractivity contribution in [1.29, 1.82) is 0 Å². The highest BCUT2D eigenvalue weighted by Gasteiger charge is 2.18. The minimum atomic E-state index is -1.02. The van der Waals surface area contributed by atoms with E-state index in [4.69, 9.17) is 12.2 Å². The van der Waals surface area contributed by atoms with E-state index in [1.165, 1.54) is 10.6 Å². The lowest BCUT2D eigenvalue weighted by Crippen LogP contribution is -2.42. The fraction of sp³-hybridized carbons (Fsp3) is 0.385. The predicted molar refractivity (Wildman–Crippen MR) is 74.9 cm³/mol. The molecular formula is C13H15F2N3OS. The maximum absolute atomic E-state index is 13.9. The molecule has 2 rings (SSSR count). The molecule has 0 unspecified atom stereocenters. The number of carbonyl (C=O) groups is 1. The van der Waals surface area contributed by atoms with Crippen molar-refractivity contribution in [3.05, 3.63) is 28.5 Å². The van der Waals surface area contributed by atoms with Crippen LogP contribution in [0, 0.1) is 16.4 Å². The number of hydrogen-bond acceptors (Lipinski definition) is 2. The number of imidazole rings is 1. The van der Waals surface area contributed by atoms with Crippen LogP contribution in [-0.4, -0.2) is 21.0 Å². The maximum Gasteiger partial charge on any atom is 0.240 e. The molecule has 0 aliphatic rings. The van der Waals surface area contributed by atoms with Gasteiger partial charge in [0.15, 0.2) is 16.4 Å². The Labute approximate surface area is 119 Å². The van der Waals surface area contributed by atoms with E-state index in [-0.39, 0.29) is 22.7 Å². The van der Waals surface area contributed by atoms with E-state index in [2.05, 4.69) is 10.3 Å². The molecule has 1 aromatic heterocycles. The number of nitrogens with zero attached hydrogens (tertiary/aromatic N) is 1. The number of H-pyrrole nitrogens is 1. The molecule has 0 radical (unpaired) electrons. The van der Waals surface area contributed by atoms with Gasteiger partial charge < -0.3 is 14.9 Å². The standard InChI is InChI=1S/C13H15F2N3OS/c1-13(2,3)17-9(19)6-18-11-8(16-12(18)20)5-4-7(14)10(11)15/h4-5H,6H2,1-3H3,(H,16,20)(H,17,19). The summed E-state index contributed by atoms with van der Waals surface area (Å²) in [5.74, 6) is -2.31. The average molecular weight is 299 g/mol. The highest BCUT2D eigenvalue weighted by Crippen LogP contribution is 2.20. The van der Waals surface area contributed by atoms with Gasteiger partial charge in [-0.15, -0.1) is 0 Å². The Balaban J connectivity index is 2.45. The Morgan fingerprint density at radius 3 is 2.65 bits per heavy atom. The number of nitrogens with one attached hydrogen (secondary N) is 2. The van der Waals surface area contributed by atoms with Crippen molar-refractivity contribution < 1.29 is 13.6 Å². The van der Waals surface area contributed by atoms with Crippen LogP contribution in [-0.2, 0) is 11.3 Å². The summed E-state index contributed by atoms with van der Waals surface area (Å²) in [5, 5.41) is 2.75. The largest absolute Gasteiger partial charge is 0.350 e. The molecule has 2 N–H and O–H groups in total. The van der Waals surface area contributed by atoms with Crippen LogP contribution in [0.2, 0.25) is 0 Å². The van der Waals surface area contributed by atoms with Crippen molar-refractivity contribution in [3.63, 3.8) is 0 Å². The number of hydrogen-bond donors (Lipinski definition) is 2. The normalized spacial score (nSPS) is 11.8. The molecule has 0 atom stereocenters. The average Bonchev–Trinajstić information content (AvgIpc) is 2.59. The molecule has 0 saturated heterocycles. The Hall–Kier alpha value is -1.76. The second-order valence-electron chi connectivity index (χ2n) is 5.57. The third-order valence-electron chi connectivity index (χ3n) is 2.64. The van der Waals surface area contributed by atoms with Crippen molar-refractivity contribution in [1.82, 2.24) is 14.9 Å². The van der Waals surface area contributed by atoms with Gasteiger partial charge in [-0.3, -0.25) is 4.79 Å². The van der Waals surface area contributed by atoms with E-state index in [0.717, 1.165) is 6.07 Å². The fourth-order valence-electron chi connectivity index (χ4n) is 1.94. The Bertz CT molecular complexity index is 728. The highest BCUT2D eigenvalue weighted by molar-refractivity contribution is 7.71. The Morgan fingerprint density at radius 2 is 2.05 bits per heavy atom. The second kappa shape index (κ2) is 4.97. The molecule has 20 heavy (non-hydrogen) atoms. The van der Waals surface area contributed by atoms with Gasteiger partial charge in [-0.25, -0.2) is 8.78 Å². The second-order valence-corrected chi connectivity index (χ2v) is 5.96. The summed E-state index contributed by atoms with van der Waals surface area (Å²) >= 11 is 5.05. The SMILES string of the molecule is CC(C)(C)NC(=O)Cn1c(=S)[nH]c2ccc(F)c(F)c21. The van der Waals surface area contributed by atoms with Gasteiger partial charge in [0, 0.05) is 5.54 Å². The highest BCUT2D eigenvalue weighted by atomic mass is 32.1. The topological polar surface area (TPSA) is 49.8 Å². The molecule has 0 bridgehead atoms. The number of fused-ring (bicyclic) bond motifs is 1. The van der Waals surface area contributed by atoms with Crippen LogP contribution < -0.4 is 5.32 Å². The monoisotopic (exact) mass is 299 g/mol. The van der Waals surface area contributed by atoms with Gasteiger partial charge in [0.25, 0.3) is 0 Å². The molecule has 0 saturated carbocycles. The van der Waals surface area contributed by atoms with E-state index in [9.17, 15) is 13.6 Å². The van der Waals surface area contributed by atoms with Gasteiger partial charge in [0.2, 0.25) is 5.91 Å². The predicted octanol–water partition coefficient (Wildman–Crippen LogP) is 2.89. The first-order valence-corrected chi connectivity index (χ1v) is 6.47. The van der Waals surface area contributed by atoms with Gasteiger partial charge >= 0.3 is 0 Å². The van der Waals surface area contributed by atoms with E-state index in [1.807, 2.05) is 20.8 Å². The fourth-order valence-corrected chi connectivity index (χ4v) is 2.21. The molecule has 1 heterocycles. The van der Waals surface area contributed by atoms with Gasteiger partial charge in [-0.2, -0.15) is 0 Å². The van der Waals surface area contributed by atoms with Crippen LogP contribution in [0.25, 0.3) is 11.0 Å². The summed E-state index contributed by atoms with van der Waals surface area (Å²) in [6, 6.07) is 2.41. The van der Waals surface area contributed by atoms with Crippen LogP contribution in [0.15, 0.2) is 12.1 Å². The van der Waals surface area contributed by atoms with Crippen LogP contribution in [0.3, 0.4) is 0 Å². The smallest absolute Gasteiger partial charge is 0.240 e. The molecular weight excluding hydrogens is 284 g/mol. The molecule has 0 aliphatic heterocycles. The first-order valence-electron chi connectivity index (χ1n) is 6.06. The third-order valence-corrected chi connectivity index (χ3v) is 2.96. The van der Waals surface area contributed by atoms with Gasteiger partial charge in [-0.05, 0) is 45.1 Å². The molecule has 1 amide bonds. The first-order chi connectivity index (χ1) is 9.19. The summed E-state index contributed by atoms with van der Waals surface area (Å²) in [4.78, 5) is 14.7. The van der Waals surface area contributed by atoms with Crippen molar-refractivity contribution in [2.75, 3.05) is 0 Å². The molecule has 1 aromatic carbocycles. The number of rotatable bonds is 2. The molecule has 0 spiro atoms. The summed E-state index contributed by atoms with van der Waals surface area (Å²) in [6.45, 7) is 5.33. The summed E-state index contributed by atoms with van der Waals surface area (Å²) in [7, 11) is 0. The Morgan fingerprint density at radius 1 is 1.40 bits per heavy atom. The van der Waals surface area contributed by atoms with Gasteiger partial charge in [0.05, 0.1) is 5.52 Å². The third kappa shape index (κ3) is 2.87. The van der Waals surface area contributed by atoms with Crippen LogP contribution in [0.5, 0.6) is 0 Å². The molecule has 0 aliphatic carbocycles. The van der Waals surface area contributed by atoms with Crippen molar-refractivity contribution in [2.45, 2.75) is 32.9 Å². The van der Waals surface area contributed by atoms with E-state index >= 15 is 0 Å². The zero-order valence-electron chi connectivity index (χ0n) is 11.4. The van der Waals surface area contributed by atoms with E-state index in [1.54, 1.807) is 0 Å². The number of benzene rings is 1. The minimum absolute atomic E-state index is 0.0286. The van der Waals surface area contributed by atoms with Gasteiger partial charge in [-0.1, -0.05) is 0 Å². The lowest BCUT2D eigenvalue weighted by molar-refractivity contribution is -0.123. The molecule has 4 nitrogen and oxygen atoms in total. The zero-order chi connectivity index (χ0) is 15.1. The quantitative estimate of drug-likeness (QED) is 0.838. The van der Waals surface area contributed by atoms with Crippen molar-refractivity contribution in [3.8, 4) is 0 Å². The molecule has 7 heteroatoms. The summed E-state index contributed by atoms with van der Waals surface area (Å²) in [5.41, 5.74) is -0.0775. The summed E-state index contributed by atoms with van der Waals surface area (Å²) in [6.07, 6.45) is 0. The van der Waals surface area contributed by atoms with E-state index in [0.29, 0.717) is 5.52 Å². The number of aromatic nitrogens is 2. The van der Waals surface area contributed by atoms with Crippen LogP contribution in [0.1, 0.15) is 20.8 Å². The van der Waals surface area contributed by atoms with Crippen LogP contribution >= 0.6 is 12.2 Å².